The van der Waals surface area contributed by atoms with Crippen LogP contribution in [0.5, 0.6) is 0 Å². The molecule has 2 amide bonds. The lowest BCUT2D eigenvalue weighted by Crippen LogP contribution is -2.63. The topological polar surface area (TPSA) is 89.5 Å². The van der Waals surface area contributed by atoms with E-state index in [0.717, 1.165) is 45.2 Å². The van der Waals surface area contributed by atoms with E-state index in [2.05, 4.69) is 20.5 Å². The Morgan fingerprint density at radius 2 is 1.75 bits per heavy atom. The van der Waals surface area contributed by atoms with Gasteiger partial charge in [-0.25, -0.2) is 4.79 Å². The Labute approximate surface area is 168 Å². The Bertz CT molecular complexity index is 561. The molecule has 2 aliphatic heterocycles. The van der Waals surface area contributed by atoms with E-state index >= 15 is 0 Å². The van der Waals surface area contributed by atoms with Crippen LogP contribution in [0.1, 0.15) is 34.6 Å². The first-order valence-corrected chi connectivity index (χ1v) is 10.2. The molecule has 0 aromatic rings. The van der Waals surface area contributed by atoms with Gasteiger partial charge >= 0.3 is 6.09 Å². The van der Waals surface area contributed by atoms with Crippen LogP contribution in [-0.4, -0.2) is 103 Å². The maximum absolute atomic E-state index is 12.0. The SMILES string of the molecule is CCNC(=NCCN1CCN(C(C)=O)CC1)NC1CN(C(=O)OC(C)(C)C)C1. The number of hydrogen-bond donors (Lipinski definition) is 2. The summed E-state index contributed by atoms with van der Waals surface area (Å²) in [6.45, 7) is 16.2. The van der Waals surface area contributed by atoms with Crippen LogP contribution >= 0.6 is 0 Å². The normalized spacial score (nSPS) is 19.2. The molecule has 2 aliphatic rings. The first kappa shape index (κ1) is 22.3. The van der Waals surface area contributed by atoms with Crippen molar-refractivity contribution in [1.29, 1.82) is 0 Å². The van der Waals surface area contributed by atoms with E-state index in [4.69, 9.17) is 4.74 Å². The van der Waals surface area contributed by atoms with E-state index in [-0.39, 0.29) is 18.0 Å². The summed E-state index contributed by atoms with van der Waals surface area (Å²) in [5, 5.41) is 6.64. The van der Waals surface area contributed by atoms with Crippen molar-refractivity contribution >= 4 is 18.0 Å². The molecule has 0 bridgehead atoms. The number of hydrogen-bond acceptors (Lipinski definition) is 5. The molecule has 0 atom stereocenters. The molecule has 2 saturated heterocycles. The summed E-state index contributed by atoms with van der Waals surface area (Å²) < 4.78 is 5.38. The number of likely N-dealkylation sites (tertiary alicyclic amines) is 1. The first-order valence-electron chi connectivity index (χ1n) is 10.2. The molecule has 28 heavy (non-hydrogen) atoms. The third kappa shape index (κ3) is 7.18. The third-order valence-corrected chi connectivity index (χ3v) is 4.72. The van der Waals surface area contributed by atoms with Crippen molar-refractivity contribution in [2.75, 3.05) is 58.9 Å². The molecule has 0 aliphatic carbocycles. The minimum Gasteiger partial charge on any atom is -0.444 e. The number of guanidine groups is 1. The van der Waals surface area contributed by atoms with Gasteiger partial charge in [-0.3, -0.25) is 14.7 Å². The van der Waals surface area contributed by atoms with Gasteiger partial charge in [-0.2, -0.15) is 0 Å². The molecular weight excluding hydrogens is 360 g/mol. The fourth-order valence-electron chi connectivity index (χ4n) is 3.15. The number of nitrogens with one attached hydrogen (secondary N) is 2. The monoisotopic (exact) mass is 396 g/mol. The van der Waals surface area contributed by atoms with Crippen molar-refractivity contribution in [1.82, 2.24) is 25.3 Å². The maximum Gasteiger partial charge on any atom is 0.410 e. The molecule has 2 rings (SSSR count). The van der Waals surface area contributed by atoms with Crippen LogP contribution in [0.25, 0.3) is 0 Å². The molecule has 0 radical (unpaired) electrons. The second-order valence-corrected chi connectivity index (χ2v) is 8.33. The molecular formula is C19H36N6O3. The lowest BCUT2D eigenvalue weighted by Gasteiger charge is -2.40. The van der Waals surface area contributed by atoms with Crippen molar-refractivity contribution < 1.29 is 14.3 Å². The highest BCUT2D eigenvalue weighted by Crippen LogP contribution is 2.15. The van der Waals surface area contributed by atoms with Gasteiger partial charge in [0.25, 0.3) is 0 Å². The number of piperazine rings is 1. The van der Waals surface area contributed by atoms with Gasteiger partial charge in [-0.05, 0) is 27.7 Å². The molecule has 0 spiro atoms. The van der Waals surface area contributed by atoms with Crippen LogP contribution in [-0.2, 0) is 9.53 Å². The summed E-state index contributed by atoms with van der Waals surface area (Å²) in [7, 11) is 0. The van der Waals surface area contributed by atoms with Crippen molar-refractivity contribution in [2.45, 2.75) is 46.3 Å². The number of rotatable bonds is 5. The number of amides is 2. The maximum atomic E-state index is 12.0. The van der Waals surface area contributed by atoms with Gasteiger partial charge < -0.3 is 25.2 Å². The zero-order chi connectivity index (χ0) is 20.7. The molecule has 9 heteroatoms. The summed E-state index contributed by atoms with van der Waals surface area (Å²) >= 11 is 0. The van der Waals surface area contributed by atoms with Crippen LogP contribution in [0.2, 0.25) is 0 Å². The van der Waals surface area contributed by atoms with Gasteiger partial charge in [0.15, 0.2) is 5.96 Å². The number of ether oxygens (including phenoxy) is 1. The average molecular weight is 397 g/mol. The average Bonchev–Trinajstić information content (AvgIpc) is 2.56. The van der Waals surface area contributed by atoms with Crippen LogP contribution in [0.3, 0.4) is 0 Å². The number of nitrogens with zero attached hydrogens (tertiary/aromatic N) is 4. The Morgan fingerprint density at radius 3 is 2.29 bits per heavy atom. The molecule has 0 aromatic carbocycles. The lowest BCUT2D eigenvalue weighted by atomic mass is 10.1. The van der Waals surface area contributed by atoms with E-state index in [1.54, 1.807) is 11.8 Å². The predicted octanol–water partition coefficient (Wildman–Crippen LogP) is 0.325. The van der Waals surface area contributed by atoms with Gasteiger partial charge in [-0.1, -0.05) is 0 Å². The first-order chi connectivity index (χ1) is 13.2. The second-order valence-electron chi connectivity index (χ2n) is 8.33. The third-order valence-electron chi connectivity index (χ3n) is 4.72. The van der Waals surface area contributed by atoms with Crippen molar-refractivity contribution in [3.05, 3.63) is 0 Å². The van der Waals surface area contributed by atoms with E-state index in [9.17, 15) is 9.59 Å². The Morgan fingerprint density at radius 1 is 1.11 bits per heavy atom. The molecule has 2 N–H and O–H groups in total. The largest absolute Gasteiger partial charge is 0.444 e. The second kappa shape index (κ2) is 9.95. The summed E-state index contributed by atoms with van der Waals surface area (Å²) in [4.78, 5) is 34.0. The summed E-state index contributed by atoms with van der Waals surface area (Å²) in [5.41, 5.74) is -0.470. The Kier molecular flexibility index (Phi) is 7.91. The lowest BCUT2D eigenvalue weighted by molar-refractivity contribution is -0.130. The molecule has 160 valence electrons. The van der Waals surface area contributed by atoms with E-state index < -0.39 is 5.60 Å². The molecule has 9 nitrogen and oxygen atoms in total. The van der Waals surface area contributed by atoms with E-state index in [1.807, 2.05) is 32.6 Å². The van der Waals surface area contributed by atoms with Crippen LogP contribution in [0.15, 0.2) is 4.99 Å². The van der Waals surface area contributed by atoms with Crippen molar-refractivity contribution in [2.24, 2.45) is 4.99 Å². The Balaban J connectivity index is 1.70. The zero-order valence-electron chi connectivity index (χ0n) is 18.0. The van der Waals surface area contributed by atoms with E-state index in [0.29, 0.717) is 19.6 Å². The summed E-state index contributed by atoms with van der Waals surface area (Å²) in [5.74, 6) is 0.927. The van der Waals surface area contributed by atoms with Gasteiger partial charge in [0.2, 0.25) is 5.91 Å². The molecule has 0 unspecified atom stereocenters. The number of carbonyl (C=O) groups is 2. The van der Waals surface area contributed by atoms with Gasteiger partial charge in [0.1, 0.15) is 5.60 Å². The highest BCUT2D eigenvalue weighted by Gasteiger charge is 2.34. The van der Waals surface area contributed by atoms with Crippen LogP contribution in [0, 0.1) is 0 Å². The quantitative estimate of drug-likeness (QED) is 0.514. The fraction of sp³-hybridized carbons (Fsp3) is 0.842. The Hall–Kier alpha value is -2.03. The molecule has 2 heterocycles. The summed E-state index contributed by atoms with van der Waals surface area (Å²) in [6.07, 6.45) is -0.266. The molecule has 2 fully saturated rings. The number of aliphatic imine (C=N–C) groups is 1. The van der Waals surface area contributed by atoms with Crippen LogP contribution in [0.4, 0.5) is 4.79 Å². The minimum atomic E-state index is -0.470. The minimum absolute atomic E-state index is 0.150. The van der Waals surface area contributed by atoms with Gasteiger partial charge in [-0.15, -0.1) is 0 Å². The zero-order valence-corrected chi connectivity index (χ0v) is 18.0. The predicted molar refractivity (Wildman–Crippen MR) is 109 cm³/mol. The highest BCUT2D eigenvalue weighted by molar-refractivity contribution is 5.80. The van der Waals surface area contributed by atoms with Crippen molar-refractivity contribution in [3.8, 4) is 0 Å². The van der Waals surface area contributed by atoms with E-state index in [1.165, 1.54) is 0 Å². The van der Waals surface area contributed by atoms with Crippen LogP contribution < -0.4 is 10.6 Å². The van der Waals surface area contributed by atoms with Gasteiger partial charge in [0.05, 0.1) is 12.6 Å². The molecule has 0 aromatic heterocycles. The smallest absolute Gasteiger partial charge is 0.410 e. The fourth-order valence-corrected chi connectivity index (χ4v) is 3.15. The van der Waals surface area contributed by atoms with Crippen molar-refractivity contribution in [3.63, 3.8) is 0 Å². The van der Waals surface area contributed by atoms with Gasteiger partial charge in [0, 0.05) is 59.3 Å². The standard InChI is InChI=1S/C19H36N6O3/c1-6-20-17(21-7-8-23-9-11-24(12-10-23)15(2)26)22-16-13-25(14-16)18(27)28-19(3,4)5/h16H,6-14H2,1-5H3,(H2,20,21,22). The highest BCUT2D eigenvalue weighted by atomic mass is 16.6. The summed E-state index contributed by atoms with van der Waals surface area (Å²) in [6, 6.07) is 0.185. The number of carbonyl (C=O) groups excluding carboxylic acids is 2. The molecule has 0 saturated carbocycles.